The van der Waals surface area contributed by atoms with Crippen LogP contribution in [0.5, 0.6) is 6.01 Å². The summed E-state index contributed by atoms with van der Waals surface area (Å²) in [5, 5.41) is 13.2. The quantitative estimate of drug-likeness (QED) is 0.224. The second-order valence-electron chi connectivity index (χ2n) is 13.9. The lowest BCUT2D eigenvalue weighted by Crippen LogP contribution is -2.58. The van der Waals surface area contributed by atoms with Gasteiger partial charge in [0.15, 0.2) is 5.82 Å². The van der Waals surface area contributed by atoms with Gasteiger partial charge in [-0.05, 0) is 62.7 Å². The van der Waals surface area contributed by atoms with Gasteiger partial charge >= 0.3 is 6.01 Å². The highest BCUT2D eigenvalue weighted by atomic mass is 35.5. The van der Waals surface area contributed by atoms with Crippen molar-refractivity contribution in [3.05, 3.63) is 53.2 Å². The highest BCUT2D eigenvalue weighted by Gasteiger charge is 2.49. The van der Waals surface area contributed by atoms with Crippen LogP contribution in [-0.4, -0.2) is 81.1 Å². The Morgan fingerprint density at radius 3 is 2.87 bits per heavy atom. The van der Waals surface area contributed by atoms with Crippen molar-refractivity contribution >= 4 is 50.0 Å². The Bertz CT molecular complexity index is 2060. The minimum Gasteiger partial charge on any atom is -0.461 e. The minimum atomic E-state index is -0.913. The number of anilines is 1. The number of aromatic nitrogens is 4. The smallest absolute Gasteiger partial charge is 0.319 e. The van der Waals surface area contributed by atoms with Crippen molar-refractivity contribution in [2.45, 2.75) is 62.3 Å². The van der Waals surface area contributed by atoms with Gasteiger partial charge in [0.2, 0.25) is 0 Å². The Kier molecular flexibility index (Phi) is 6.31. The maximum absolute atomic E-state index is 17.1. The Morgan fingerprint density at radius 1 is 1.11 bits per heavy atom. The number of alkyl halides is 1. The molecule has 6 heterocycles. The second kappa shape index (κ2) is 10.2. The third-order valence-electron chi connectivity index (χ3n) is 10.7. The van der Waals surface area contributed by atoms with Crippen LogP contribution in [0.25, 0.3) is 43.7 Å². The molecule has 4 atom stereocenters. The molecule has 5 aromatic rings. The summed E-state index contributed by atoms with van der Waals surface area (Å²) in [5.74, 6) is -1.14. The molecule has 4 fully saturated rings. The zero-order valence-corrected chi connectivity index (χ0v) is 26.1. The summed E-state index contributed by atoms with van der Waals surface area (Å²) in [4.78, 5) is 13.7. The number of rotatable bonds is 5. The van der Waals surface area contributed by atoms with Crippen molar-refractivity contribution in [3.63, 3.8) is 0 Å². The molecule has 4 saturated heterocycles. The number of nitrogens with one attached hydrogen (secondary N) is 2. The summed E-state index contributed by atoms with van der Waals surface area (Å²) < 4.78 is 54.5. The van der Waals surface area contributed by atoms with Crippen LogP contribution >= 0.6 is 11.6 Å². The summed E-state index contributed by atoms with van der Waals surface area (Å²) in [6.07, 6.45) is 4.82. The van der Waals surface area contributed by atoms with Crippen molar-refractivity contribution in [2.24, 2.45) is 0 Å². The third-order valence-corrected chi connectivity index (χ3v) is 11.0. The number of ether oxygens (including phenoxy) is 1. The molecule has 0 spiro atoms. The molecular formula is C34H33ClF3N7O. The second-order valence-corrected chi connectivity index (χ2v) is 14.3. The molecule has 0 amide bonds. The molecule has 2 aromatic heterocycles. The van der Waals surface area contributed by atoms with Gasteiger partial charge in [-0.2, -0.15) is 15.1 Å². The van der Waals surface area contributed by atoms with Crippen LogP contribution in [-0.2, 0) is 0 Å². The van der Waals surface area contributed by atoms with E-state index in [1.807, 2.05) is 12.1 Å². The molecule has 2 bridgehead atoms. The van der Waals surface area contributed by atoms with Crippen LogP contribution in [0.3, 0.4) is 0 Å². The van der Waals surface area contributed by atoms with E-state index in [2.05, 4.69) is 37.2 Å². The molecule has 4 aliphatic heterocycles. The predicted molar refractivity (Wildman–Crippen MR) is 172 cm³/mol. The van der Waals surface area contributed by atoms with Gasteiger partial charge in [0.25, 0.3) is 0 Å². The number of benzene rings is 3. The number of aromatic amines is 1. The lowest BCUT2D eigenvalue weighted by atomic mass is 9.93. The number of hydrogen-bond acceptors (Lipinski definition) is 7. The monoisotopic (exact) mass is 647 g/mol. The van der Waals surface area contributed by atoms with Gasteiger partial charge < -0.3 is 15.0 Å². The summed E-state index contributed by atoms with van der Waals surface area (Å²) >= 11 is 6.69. The summed E-state index contributed by atoms with van der Waals surface area (Å²) in [6, 6.07) is 8.80. The number of nitrogens with zero attached hydrogens (tertiary/aromatic N) is 5. The Labute approximate surface area is 268 Å². The summed E-state index contributed by atoms with van der Waals surface area (Å²) in [5.41, 5.74) is 0.0799. The zero-order valence-electron chi connectivity index (χ0n) is 25.3. The molecule has 2 N–H and O–H groups in total. The first-order valence-electron chi connectivity index (χ1n) is 16.0. The van der Waals surface area contributed by atoms with E-state index in [9.17, 15) is 4.39 Å². The van der Waals surface area contributed by atoms with E-state index in [1.54, 1.807) is 18.3 Å². The van der Waals surface area contributed by atoms with Crippen molar-refractivity contribution in [1.29, 1.82) is 0 Å². The molecule has 238 valence electrons. The third kappa shape index (κ3) is 4.31. The fraction of sp³-hybridized carbons (Fsp3) is 0.441. The van der Waals surface area contributed by atoms with Crippen molar-refractivity contribution < 1.29 is 17.9 Å². The van der Waals surface area contributed by atoms with Crippen LogP contribution < -0.4 is 15.0 Å². The molecular weight excluding hydrogens is 615 g/mol. The molecule has 46 heavy (non-hydrogen) atoms. The molecule has 9 rings (SSSR count). The van der Waals surface area contributed by atoms with Crippen molar-refractivity contribution in [2.75, 3.05) is 37.7 Å². The van der Waals surface area contributed by atoms with Gasteiger partial charge in [-0.25, -0.2) is 13.2 Å². The van der Waals surface area contributed by atoms with E-state index in [0.29, 0.717) is 58.7 Å². The van der Waals surface area contributed by atoms with Crippen molar-refractivity contribution in [3.8, 4) is 17.1 Å². The molecule has 4 aliphatic rings. The van der Waals surface area contributed by atoms with E-state index in [-0.39, 0.29) is 40.7 Å². The lowest BCUT2D eigenvalue weighted by molar-refractivity contribution is 0.107. The number of fused-ring (bicyclic) bond motifs is 6. The Hall–Kier alpha value is -3.67. The first-order chi connectivity index (χ1) is 22.2. The number of hydrogen-bond donors (Lipinski definition) is 2. The van der Waals surface area contributed by atoms with E-state index in [4.69, 9.17) is 21.3 Å². The van der Waals surface area contributed by atoms with Crippen molar-refractivity contribution in [1.82, 2.24) is 30.4 Å². The minimum absolute atomic E-state index is 0.00272. The fourth-order valence-electron chi connectivity index (χ4n) is 8.73. The fourth-order valence-corrected chi connectivity index (χ4v) is 9.00. The highest BCUT2D eigenvalue weighted by molar-refractivity contribution is 6.37. The lowest BCUT2D eigenvalue weighted by Gasteiger charge is -2.40. The zero-order chi connectivity index (χ0) is 31.4. The number of halogens is 4. The van der Waals surface area contributed by atoms with Gasteiger partial charge in [-0.15, -0.1) is 0 Å². The Morgan fingerprint density at radius 2 is 2.00 bits per heavy atom. The Balaban J connectivity index is 1.24. The maximum atomic E-state index is 17.1. The largest absolute Gasteiger partial charge is 0.461 e. The van der Waals surface area contributed by atoms with Crippen LogP contribution in [0, 0.1) is 11.6 Å². The SMILES string of the molecule is C[C@]12CCC(CN(c3nc(OC[C@@]45CCCN4C[C@H](F)C5)nc4c(F)c(-c5c6cn[nH]c6cc6cccc(Cl)c56)c(F)cc34)C1)N2. The van der Waals surface area contributed by atoms with Gasteiger partial charge in [0.05, 0.1) is 22.8 Å². The van der Waals surface area contributed by atoms with Crippen LogP contribution in [0.4, 0.5) is 19.0 Å². The average Bonchev–Trinajstić information content (AvgIpc) is 3.78. The van der Waals surface area contributed by atoms with Crippen LogP contribution in [0.2, 0.25) is 5.02 Å². The molecule has 12 heteroatoms. The van der Waals surface area contributed by atoms with Gasteiger partial charge in [-0.3, -0.25) is 10.00 Å². The van der Waals surface area contributed by atoms with E-state index < -0.39 is 23.3 Å². The van der Waals surface area contributed by atoms with E-state index >= 15 is 8.78 Å². The topological polar surface area (TPSA) is 82.2 Å². The molecule has 0 saturated carbocycles. The molecule has 3 aromatic carbocycles. The number of piperazine rings is 1. The average molecular weight is 648 g/mol. The first kappa shape index (κ1) is 28.5. The van der Waals surface area contributed by atoms with Gasteiger partial charge in [0, 0.05) is 64.4 Å². The predicted octanol–water partition coefficient (Wildman–Crippen LogP) is 6.54. The van der Waals surface area contributed by atoms with E-state index in [1.165, 1.54) is 6.07 Å². The van der Waals surface area contributed by atoms with Crippen LogP contribution in [0.1, 0.15) is 39.0 Å². The summed E-state index contributed by atoms with van der Waals surface area (Å²) in [7, 11) is 0. The first-order valence-corrected chi connectivity index (χ1v) is 16.4. The molecule has 1 unspecified atom stereocenters. The number of H-pyrrole nitrogens is 1. The highest BCUT2D eigenvalue weighted by Crippen LogP contribution is 2.45. The van der Waals surface area contributed by atoms with Gasteiger partial charge in [0.1, 0.15) is 29.9 Å². The van der Waals surface area contributed by atoms with E-state index in [0.717, 1.165) is 37.6 Å². The standard InChI is InChI=1S/C34H33ClF3N7O/c1-33-8-6-20(42-33)15-44(16-33)31-21-11-24(37)28(27-22-13-39-43-25(22)10-18-4-2-5-23(35)26(18)27)29(38)30(21)40-32(41-31)46-17-34-7-3-9-45(34)14-19(36)12-34/h2,4-5,10-11,13,19-20,42H,3,6-9,12,14-17H2,1H3,(H,39,43)/t19-,20?,33+,34+/m1/s1. The van der Waals surface area contributed by atoms with Crippen LogP contribution in [0.15, 0.2) is 36.5 Å². The molecule has 0 aliphatic carbocycles. The summed E-state index contributed by atoms with van der Waals surface area (Å²) in [6.45, 7) is 4.84. The molecule has 8 nitrogen and oxygen atoms in total. The molecule has 0 radical (unpaired) electrons. The maximum Gasteiger partial charge on any atom is 0.319 e. The normalized spacial score (nSPS) is 27.8. The van der Waals surface area contributed by atoms with Gasteiger partial charge in [-0.1, -0.05) is 23.7 Å².